The van der Waals surface area contributed by atoms with Gasteiger partial charge in [-0.15, -0.1) is 24.8 Å². The molecule has 0 fully saturated rings. The second-order valence-corrected chi connectivity index (χ2v) is 3.76. The fraction of sp³-hybridized carbons (Fsp3) is 0.400. The molecule has 1 unspecified atom stereocenters. The van der Waals surface area contributed by atoms with Gasteiger partial charge in [-0.3, -0.25) is 0 Å². The molecule has 1 rings (SSSR count). The third kappa shape index (κ3) is 4.07. The van der Waals surface area contributed by atoms with Crippen LogP contribution in [0.3, 0.4) is 0 Å². The minimum Gasteiger partial charge on any atom is -0.329 e. The van der Waals surface area contributed by atoms with Crippen LogP contribution in [-0.2, 0) is 0 Å². The highest BCUT2D eigenvalue weighted by Crippen LogP contribution is 2.27. The van der Waals surface area contributed by atoms with Crippen LogP contribution in [0.2, 0.25) is 5.02 Å². The van der Waals surface area contributed by atoms with E-state index in [1.165, 1.54) is 6.07 Å². The molecule has 0 bridgehead atoms. The largest absolute Gasteiger partial charge is 0.329 e. The van der Waals surface area contributed by atoms with Gasteiger partial charge in [0, 0.05) is 17.1 Å². The van der Waals surface area contributed by atoms with Crippen molar-refractivity contribution in [2.24, 2.45) is 5.73 Å². The average Bonchev–Trinajstić information content (AvgIpc) is 2.10. The summed E-state index contributed by atoms with van der Waals surface area (Å²) in [5.74, 6) is -0.304. The Morgan fingerprint density at radius 1 is 1.38 bits per heavy atom. The predicted octanol–water partition coefficient (Wildman–Crippen LogP) is 2.88. The number of hydrogen-bond acceptors (Lipinski definition) is 2. The topological polar surface area (TPSA) is 29.3 Å². The van der Waals surface area contributed by atoms with Crippen molar-refractivity contribution in [2.75, 3.05) is 20.6 Å². The Morgan fingerprint density at radius 3 is 2.31 bits per heavy atom. The van der Waals surface area contributed by atoms with Crippen molar-refractivity contribution < 1.29 is 4.39 Å². The predicted molar refractivity (Wildman–Crippen MR) is 71.4 cm³/mol. The molecule has 0 saturated carbocycles. The van der Waals surface area contributed by atoms with E-state index < -0.39 is 0 Å². The van der Waals surface area contributed by atoms with Crippen LogP contribution in [-0.4, -0.2) is 25.5 Å². The maximum absolute atomic E-state index is 13.5. The molecule has 0 spiro atoms. The van der Waals surface area contributed by atoms with Gasteiger partial charge in [-0.2, -0.15) is 0 Å². The highest BCUT2D eigenvalue weighted by molar-refractivity contribution is 6.31. The first-order valence-electron chi connectivity index (χ1n) is 4.38. The molecule has 94 valence electrons. The minimum atomic E-state index is -0.304. The van der Waals surface area contributed by atoms with Crippen LogP contribution in [0.5, 0.6) is 0 Å². The molecule has 0 aliphatic rings. The molecule has 0 radical (unpaired) electrons. The van der Waals surface area contributed by atoms with Gasteiger partial charge in [-0.05, 0) is 26.2 Å². The summed E-state index contributed by atoms with van der Waals surface area (Å²) in [6.45, 7) is 0.341. The Bertz CT molecular complexity index is 301. The summed E-state index contributed by atoms with van der Waals surface area (Å²) in [7, 11) is 3.70. The highest BCUT2D eigenvalue weighted by Gasteiger charge is 2.19. The first kappa shape index (κ1) is 18.3. The van der Waals surface area contributed by atoms with E-state index in [2.05, 4.69) is 0 Å². The van der Waals surface area contributed by atoms with Gasteiger partial charge >= 0.3 is 0 Å². The van der Waals surface area contributed by atoms with E-state index in [1.807, 2.05) is 19.0 Å². The molecular formula is C10H16Cl3FN2. The van der Waals surface area contributed by atoms with Gasteiger partial charge in [0.15, 0.2) is 0 Å². The molecule has 0 aromatic heterocycles. The van der Waals surface area contributed by atoms with Crippen LogP contribution in [0.15, 0.2) is 18.2 Å². The molecule has 0 aliphatic carbocycles. The monoisotopic (exact) mass is 288 g/mol. The fourth-order valence-corrected chi connectivity index (χ4v) is 1.70. The lowest BCUT2D eigenvalue weighted by atomic mass is 10.1. The Morgan fingerprint density at radius 2 is 1.94 bits per heavy atom. The molecule has 16 heavy (non-hydrogen) atoms. The number of halogens is 4. The maximum atomic E-state index is 13.5. The van der Waals surface area contributed by atoms with Gasteiger partial charge in [-0.25, -0.2) is 4.39 Å². The average molecular weight is 290 g/mol. The van der Waals surface area contributed by atoms with E-state index >= 15 is 0 Å². The lowest BCUT2D eigenvalue weighted by Crippen LogP contribution is -2.28. The zero-order valence-corrected chi connectivity index (χ0v) is 11.5. The number of likely N-dealkylation sites (N-methyl/N-ethyl adjacent to an activating group) is 1. The van der Waals surface area contributed by atoms with Gasteiger partial charge in [-0.1, -0.05) is 17.7 Å². The van der Waals surface area contributed by atoms with Crippen molar-refractivity contribution in [2.45, 2.75) is 6.04 Å². The minimum absolute atomic E-state index is 0. The fourth-order valence-electron chi connectivity index (χ4n) is 1.42. The zero-order valence-electron chi connectivity index (χ0n) is 9.11. The van der Waals surface area contributed by atoms with E-state index in [4.69, 9.17) is 17.3 Å². The van der Waals surface area contributed by atoms with Crippen LogP contribution in [0.4, 0.5) is 4.39 Å². The number of benzene rings is 1. The quantitative estimate of drug-likeness (QED) is 0.927. The first-order valence-corrected chi connectivity index (χ1v) is 4.76. The Kier molecular flexibility index (Phi) is 9.26. The standard InChI is InChI=1S/C10H14ClFN2.2ClH/c1-14(2)9(6-13)10-7(11)4-3-5-8(10)12;;/h3-5,9H,6,13H2,1-2H3;2*1H. The molecule has 1 atom stereocenters. The van der Waals surface area contributed by atoms with Gasteiger partial charge in [0.2, 0.25) is 0 Å². The van der Waals surface area contributed by atoms with Crippen molar-refractivity contribution in [1.82, 2.24) is 4.90 Å². The van der Waals surface area contributed by atoms with E-state index in [9.17, 15) is 4.39 Å². The molecule has 2 nitrogen and oxygen atoms in total. The number of rotatable bonds is 3. The van der Waals surface area contributed by atoms with Crippen LogP contribution >= 0.6 is 36.4 Å². The van der Waals surface area contributed by atoms with E-state index in [-0.39, 0.29) is 36.7 Å². The van der Waals surface area contributed by atoms with Crippen molar-refractivity contribution in [3.8, 4) is 0 Å². The molecule has 0 amide bonds. The van der Waals surface area contributed by atoms with Crippen molar-refractivity contribution in [3.63, 3.8) is 0 Å². The van der Waals surface area contributed by atoms with Crippen LogP contribution in [0, 0.1) is 5.82 Å². The SMILES string of the molecule is CN(C)C(CN)c1c(F)cccc1Cl.Cl.Cl. The third-order valence-electron chi connectivity index (χ3n) is 2.18. The number of nitrogens with zero attached hydrogens (tertiary/aromatic N) is 1. The summed E-state index contributed by atoms with van der Waals surface area (Å²) in [4.78, 5) is 1.85. The Labute approximate surface area is 113 Å². The smallest absolute Gasteiger partial charge is 0.129 e. The summed E-state index contributed by atoms with van der Waals surface area (Å²) in [5.41, 5.74) is 6.05. The summed E-state index contributed by atoms with van der Waals surface area (Å²) >= 11 is 5.92. The number of nitrogens with two attached hydrogens (primary N) is 1. The Balaban J connectivity index is 0. The number of hydrogen-bond donors (Lipinski definition) is 1. The van der Waals surface area contributed by atoms with Gasteiger partial charge in [0.25, 0.3) is 0 Å². The molecule has 2 N–H and O–H groups in total. The van der Waals surface area contributed by atoms with Crippen LogP contribution < -0.4 is 5.73 Å². The van der Waals surface area contributed by atoms with Crippen LogP contribution in [0.25, 0.3) is 0 Å². The van der Waals surface area contributed by atoms with Gasteiger partial charge < -0.3 is 10.6 Å². The van der Waals surface area contributed by atoms with Gasteiger partial charge in [0.05, 0.1) is 6.04 Å². The maximum Gasteiger partial charge on any atom is 0.129 e. The Hall–Kier alpha value is -0.0600. The van der Waals surface area contributed by atoms with Gasteiger partial charge in [0.1, 0.15) is 5.82 Å². The van der Waals surface area contributed by atoms with E-state index in [0.29, 0.717) is 17.1 Å². The third-order valence-corrected chi connectivity index (χ3v) is 2.51. The molecule has 6 heteroatoms. The molecule has 0 heterocycles. The zero-order chi connectivity index (χ0) is 10.7. The summed E-state index contributed by atoms with van der Waals surface area (Å²) < 4.78 is 13.5. The summed E-state index contributed by atoms with van der Waals surface area (Å²) in [6, 6.07) is 4.48. The second-order valence-electron chi connectivity index (χ2n) is 3.35. The second kappa shape index (κ2) is 8.09. The molecular weight excluding hydrogens is 273 g/mol. The van der Waals surface area contributed by atoms with Crippen LogP contribution in [0.1, 0.15) is 11.6 Å². The normalized spacial score (nSPS) is 11.6. The summed E-state index contributed by atoms with van der Waals surface area (Å²) in [6.07, 6.45) is 0. The van der Waals surface area contributed by atoms with Crippen molar-refractivity contribution in [1.29, 1.82) is 0 Å². The lowest BCUT2D eigenvalue weighted by molar-refractivity contribution is 0.298. The molecule has 1 aromatic rings. The molecule has 1 aromatic carbocycles. The highest BCUT2D eigenvalue weighted by atomic mass is 35.5. The van der Waals surface area contributed by atoms with E-state index in [1.54, 1.807) is 12.1 Å². The first-order chi connectivity index (χ1) is 6.57. The van der Waals surface area contributed by atoms with Crippen molar-refractivity contribution in [3.05, 3.63) is 34.6 Å². The summed E-state index contributed by atoms with van der Waals surface area (Å²) in [5, 5.41) is 0.425. The van der Waals surface area contributed by atoms with Crippen molar-refractivity contribution >= 4 is 36.4 Å². The molecule has 0 saturated heterocycles. The van der Waals surface area contributed by atoms with E-state index in [0.717, 1.165) is 0 Å². The lowest BCUT2D eigenvalue weighted by Gasteiger charge is -2.24. The molecule has 0 aliphatic heterocycles.